The summed E-state index contributed by atoms with van der Waals surface area (Å²) in [5.41, 5.74) is 7.00. The second-order valence-corrected chi connectivity index (χ2v) is 3.66. The van der Waals surface area contributed by atoms with Crippen molar-refractivity contribution in [1.82, 2.24) is 0 Å². The first kappa shape index (κ1) is 9.31. The van der Waals surface area contributed by atoms with Gasteiger partial charge in [0.05, 0.1) is 5.56 Å². The SMILES string of the molecule is Cc1cc(N)c(C(=O)O)cc1I. The van der Waals surface area contributed by atoms with Gasteiger partial charge in [-0.15, -0.1) is 0 Å². The summed E-state index contributed by atoms with van der Waals surface area (Å²) >= 11 is 2.08. The standard InChI is InChI=1S/C8H8INO2/c1-4-2-7(10)5(8(11)12)3-6(4)9/h2-3H,10H2,1H3,(H,11,12). The van der Waals surface area contributed by atoms with E-state index in [4.69, 9.17) is 10.8 Å². The lowest BCUT2D eigenvalue weighted by Gasteiger charge is -2.03. The van der Waals surface area contributed by atoms with Crippen molar-refractivity contribution in [2.45, 2.75) is 6.92 Å². The summed E-state index contributed by atoms with van der Waals surface area (Å²) in [7, 11) is 0. The lowest BCUT2D eigenvalue weighted by molar-refractivity contribution is 0.0698. The smallest absolute Gasteiger partial charge is 0.337 e. The highest BCUT2D eigenvalue weighted by molar-refractivity contribution is 14.1. The third-order valence-corrected chi connectivity index (χ3v) is 2.72. The Balaban J connectivity index is 3.33. The van der Waals surface area contributed by atoms with Gasteiger partial charge in [0.15, 0.2) is 0 Å². The fourth-order valence-corrected chi connectivity index (χ4v) is 1.36. The number of nitrogen functional groups attached to an aromatic ring is 1. The first-order valence-corrected chi connectivity index (χ1v) is 4.39. The molecule has 0 amide bonds. The fraction of sp³-hybridized carbons (Fsp3) is 0.125. The molecule has 1 rings (SSSR count). The van der Waals surface area contributed by atoms with Crippen LogP contribution in [0.2, 0.25) is 0 Å². The number of halogens is 1. The van der Waals surface area contributed by atoms with Gasteiger partial charge in [-0.25, -0.2) is 4.79 Å². The maximum Gasteiger partial charge on any atom is 0.337 e. The molecule has 0 saturated heterocycles. The molecule has 0 saturated carbocycles. The third kappa shape index (κ3) is 1.69. The molecule has 3 N–H and O–H groups in total. The lowest BCUT2D eigenvalue weighted by Crippen LogP contribution is -2.03. The molecule has 0 atom stereocenters. The van der Waals surface area contributed by atoms with Crippen LogP contribution in [0.4, 0.5) is 5.69 Å². The van der Waals surface area contributed by atoms with Crippen LogP contribution in [0.25, 0.3) is 0 Å². The highest BCUT2D eigenvalue weighted by atomic mass is 127. The Labute approximate surface area is 83.7 Å². The number of anilines is 1. The summed E-state index contributed by atoms with van der Waals surface area (Å²) in [4.78, 5) is 10.6. The number of carbonyl (C=O) groups is 1. The normalized spacial score (nSPS) is 9.83. The van der Waals surface area contributed by atoms with E-state index in [2.05, 4.69) is 22.6 Å². The Morgan fingerprint density at radius 2 is 2.17 bits per heavy atom. The van der Waals surface area contributed by atoms with Crippen molar-refractivity contribution in [2.24, 2.45) is 0 Å². The summed E-state index contributed by atoms with van der Waals surface area (Å²) < 4.78 is 0.916. The van der Waals surface area contributed by atoms with Gasteiger partial charge in [0.2, 0.25) is 0 Å². The van der Waals surface area contributed by atoms with Gasteiger partial charge in [-0.3, -0.25) is 0 Å². The molecule has 0 unspecified atom stereocenters. The van der Waals surface area contributed by atoms with Crippen molar-refractivity contribution in [2.75, 3.05) is 5.73 Å². The molecule has 12 heavy (non-hydrogen) atoms. The minimum Gasteiger partial charge on any atom is -0.478 e. The second-order valence-electron chi connectivity index (χ2n) is 2.49. The summed E-state index contributed by atoms with van der Waals surface area (Å²) in [5.74, 6) is -0.981. The molecule has 3 nitrogen and oxygen atoms in total. The average Bonchev–Trinajstić information content (AvgIpc) is 1.96. The minimum atomic E-state index is -0.981. The molecule has 0 spiro atoms. The zero-order chi connectivity index (χ0) is 9.30. The van der Waals surface area contributed by atoms with Crippen LogP contribution in [-0.2, 0) is 0 Å². The Hall–Kier alpha value is -0.780. The van der Waals surface area contributed by atoms with Gasteiger partial charge in [-0.2, -0.15) is 0 Å². The van der Waals surface area contributed by atoms with E-state index < -0.39 is 5.97 Å². The van der Waals surface area contributed by atoms with Crippen LogP contribution in [-0.4, -0.2) is 11.1 Å². The summed E-state index contributed by atoms with van der Waals surface area (Å²) in [6.07, 6.45) is 0. The zero-order valence-corrected chi connectivity index (χ0v) is 8.62. The van der Waals surface area contributed by atoms with Crippen LogP contribution in [0.1, 0.15) is 15.9 Å². The van der Waals surface area contributed by atoms with E-state index in [-0.39, 0.29) is 5.56 Å². The molecule has 0 aromatic heterocycles. The summed E-state index contributed by atoms with van der Waals surface area (Å²) in [6.45, 7) is 1.89. The molecule has 0 fully saturated rings. The van der Waals surface area contributed by atoms with Crippen LogP contribution >= 0.6 is 22.6 Å². The van der Waals surface area contributed by atoms with Crippen LogP contribution < -0.4 is 5.73 Å². The van der Waals surface area contributed by atoms with Gasteiger partial charge >= 0.3 is 5.97 Å². The average molecular weight is 277 g/mol. The molecule has 1 aromatic carbocycles. The number of hydrogen-bond donors (Lipinski definition) is 2. The Morgan fingerprint density at radius 3 is 2.67 bits per heavy atom. The van der Waals surface area contributed by atoms with E-state index in [9.17, 15) is 4.79 Å². The number of carboxylic acid groups (broad SMARTS) is 1. The number of carboxylic acids is 1. The molecular formula is C8H8INO2. The van der Waals surface area contributed by atoms with Crippen molar-refractivity contribution < 1.29 is 9.90 Å². The van der Waals surface area contributed by atoms with E-state index in [1.165, 1.54) is 0 Å². The molecule has 0 heterocycles. The molecule has 0 aliphatic heterocycles. The molecule has 4 heteroatoms. The Morgan fingerprint density at radius 1 is 1.58 bits per heavy atom. The highest BCUT2D eigenvalue weighted by Gasteiger charge is 2.09. The van der Waals surface area contributed by atoms with Gasteiger partial charge in [-0.1, -0.05) is 0 Å². The van der Waals surface area contributed by atoms with Gasteiger partial charge in [0.25, 0.3) is 0 Å². The van der Waals surface area contributed by atoms with Crippen LogP contribution in [0.3, 0.4) is 0 Å². The molecular weight excluding hydrogens is 269 g/mol. The monoisotopic (exact) mass is 277 g/mol. The van der Waals surface area contributed by atoms with E-state index in [0.717, 1.165) is 9.13 Å². The molecule has 64 valence electrons. The van der Waals surface area contributed by atoms with Crippen molar-refractivity contribution in [3.05, 3.63) is 26.8 Å². The number of rotatable bonds is 1. The van der Waals surface area contributed by atoms with Gasteiger partial charge < -0.3 is 10.8 Å². The second kappa shape index (κ2) is 3.30. The maximum absolute atomic E-state index is 10.6. The predicted octanol–water partition coefficient (Wildman–Crippen LogP) is 1.88. The topological polar surface area (TPSA) is 63.3 Å². The summed E-state index contributed by atoms with van der Waals surface area (Å²) in [6, 6.07) is 3.25. The van der Waals surface area contributed by atoms with Crippen LogP contribution in [0.15, 0.2) is 12.1 Å². The van der Waals surface area contributed by atoms with Crippen LogP contribution in [0.5, 0.6) is 0 Å². The maximum atomic E-state index is 10.6. The van der Waals surface area contributed by atoms with Gasteiger partial charge in [0, 0.05) is 9.26 Å². The minimum absolute atomic E-state index is 0.171. The lowest BCUT2D eigenvalue weighted by atomic mass is 10.1. The zero-order valence-electron chi connectivity index (χ0n) is 6.47. The predicted molar refractivity (Wildman–Crippen MR) is 55.3 cm³/mol. The molecule has 0 radical (unpaired) electrons. The molecule has 0 bridgehead atoms. The van der Waals surface area contributed by atoms with Crippen molar-refractivity contribution in [3.63, 3.8) is 0 Å². The van der Waals surface area contributed by atoms with Crippen LogP contribution in [0, 0.1) is 10.5 Å². The van der Waals surface area contributed by atoms with Crippen molar-refractivity contribution in [1.29, 1.82) is 0 Å². The molecule has 0 aliphatic rings. The summed E-state index contributed by atoms with van der Waals surface area (Å²) in [5, 5.41) is 8.70. The number of benzene rings is 1. The largest absolute Gasteiger partial charge is 0.478 e. The van der Waals surface area contributed by atoms with Gasteiger partial charge in [-0.05, 0) is 47.2 Å². The molecule has 1 aromatic rings. The van der Waals surface area contributed by atoms with Crippen molar-refractivity contribution in [3.8, 4) is 0 Å². The Bertz CT molecular complexity index is 336. The Kier molecular flexibility index (Phi) is 2.56. The molecule has 0 aliphatic carbocycles. The number of aromatic carboxylic acids is 1. The van der Waals surface area contributed by atoms with E-state index in [1.807, 2.05) is 6.92 Å². The number of hydrogen-bond acceptors (Lipinski definition) is 2. The number of aryl methyl sites for hydroxylation is 1. The van der Waals surface area contributed by atoms with E-state index >= 15 is 0 Å². The quantitative estimate of drug-likeness (QED) is 0.608. The third-order valence-electron chi connectivity index (χ3n) is 1.56. The number of nitrogens with two attached hydrogens (primary N) is 1. The fourth-order valence-electron chi connectivity index (χ4n) is 0.889. The highest BCUT2D eigenvalue weighted by Crippen LogP contribution is 2.19. The van der Waals surface area contributed by atoms with Crippen molar-refractivity contribution >= 4 is 34.2 Å². The van der Waals surface area contributed by atoms with E-state index in [0.29, 0.717) is 5.69 Å². The van der Waals surface area contributed by atoms with E-state index in [1.54, 1.807) is 12.1 Å². The van der Waals surface area contributed by atoms with Gasteiger partial charge in [0.1, 0.15) is 0 Å². The first-order valence-electron chi connectivity index (χ1n) is 3.31. The first-order chi connectivity index (χ1) is 5.52.